The molecule has 0 radical (unpaired) electrons. The van der Waals surface area contributed by atoms with Crippen molar-refractivity contribution in [1.29, 1.82) is 0 Å². The number of carbonyl (C=O) groups is 2. The minimum Gasteiger partial charge on any atom is -0.384 e. The van der Waals surface area contributed by atoms with E-state index < -0.39 is 0 Å². The average Bonchev–Trinajstić information content (AvgIpc) is 2.56. The highest BCUT2D eigenvalue weighted by molar-refractivity contribution is 5.96. The lowest BCUT2D eigenvalue weighted by molar-refractivity contribution is -0.135. The minimum atomic E-state index is -0.188. The zero-order valence-corrected chi connectivity index (χ0v) is 14.5. The molecule has 3 rings (SSSR count). The van der Waals surface area contributed by atoms with Crippen LogP contribution in [-0.2, 0) is 11.3 Å². The van der Waals surface area contributed by atoms with Crippen LogP contribution in [0.25, 0.3) is 0 Å². The van der Waals surface area contributed by atoms with Crippen LogP contribution in [0.5, 0.6) is 0 Å². The van der Waals surface area contributed by atoms with E-state index in [-0.39, 0.29) is 18.4 Å². The second-order valence-electron chi connectivity index (χ2n) is 6.51. The predicted molar refractivity (Wildman–Crippen MR) is 95.9 cm³/mol. The highest BCUT2D eigenvalue weighted by atomic mass is 16.2. The molecule has 0 unspecified atom stereocenters. The Balaban J connectivity index is 1.65. The van der Waals surface area contributed by atoms with Crippen LogP contribution < -0.4 is 5.73 Å². The zero-order valence-electron chi connectivity index (χ0n) is 14.5. The van der Waals surface area contributed by atoms with E-state index in [9.17, 15) is 9.59 Å². The van der Waals surface area contributed by atoms with Gasteiger partial charge >= 0.3 is 0 Å². The fourth-order valence-electron chi connectivity index (χ4n) is 3.14. The Morgan fingerprint density at radius 1 is 1.16 bits per heavy atom. The molecule has 2 aromatic rings. The minimum absolute atomic E-state index is 0.0397. The second kappa shape index (κ2) is 6.93. The number of rotatable bonds is 3. The molecule has 2 heterocycles. The topological polar surface area (TPSA) is 79.5 Å². The molecule has 0 bridgehead atoms. The third-order valence-electron chi connectivity index (χ3n) is 4.29. The molecule has 0 spiro atoms. The van der Waals surface area contributed by atoms with Crippen molar-refractivity contribution in [3.63, 3.8) is 0 Å². The van der Waals surface area contributed by atoms with Gasteiger partial charge in [0.1, 0.15) is 12.4 Å². The average molecular weight is 338 g/mol. The van der Waals surface area contributed by atoms with E-state index in [1.807, 2.05) is 0 Å². The normalized spacial score (nSPS) is 14.7. The number of aromatic nitrogens is 1. The van der Waals surface area contributed by atoms with Gasteiger partial charge in [-0.15, -0.1) is 0 Å². The smallest absolute Gasteiger partial charge is 0.255 e. The van der Waals surface area contributed by atoms with Gasteiger partial charge in [-0.2, -0.15) is 0 Å². The molecule has 6 heteroatoms. The van der Waals surface area contributed by atoms with E-state index in [1.54, 1.807) is 21.9 Å². The van der Waals surface area contributed by atoms with Crippen molar-refractivity contribution in [3.05, 3.63) is 58.8 Å². The molecular formula is C19H22N4O2. The molecular weight excluding hydrogens is 316 g/mol. The van der Waals surface area contributed by atoms with Gasteiger partial charge in [-0.1, -0.05) is 29.3 Å². The van der Waals surface area contributed by atoms with E-state index in [0.717, 1.165) is 5.56 Å². The fraction of sp³-hybridized carbons (Fsp3) is 0.316. The summed E-state index contributed by atoms with van der Waals surface area (Å²) in [5, 5.41) is 0. The van der Waals surface area contributed by atoms with E-state index >= 15 is 0 Å². The van der Waals surface area contributed by atoms with E-state index in [1.165, 1.54) is 17.3 Å². The Hall–Kier alpha value is -2.89. The van der Waals surface area contributed by atoms with E-state index in [4.69, 9.17) is 5.73 Å². The van der Waals surface area contributed by atoms with E-state index in [0.29, 0.717) is 31.0 Å². The molecule has 6 nitrogen and oxygen atoms in total. The van der Waals surface area contributed by atoms with Gasteiger partial charge in [-0.3, -0.25) is 9.59 Å². The number of hydrogen-bond acceptors (Lipinski definition) is 4. The van der Waals surface area contributed by atoms with Crippen molar-refractivity contribution >= 4 is 17.6 Å². The Kier molecular flexibility index (Phi) is 4.70. The number of anilines is 1. The van der Waals surface area contributed by atoms with Crippen molar-refractivity contribution < 1.29 is 9.59 Å². The second-order valence-corrected chi connectivity index (χ2v) is 6.51. The SMILES string of the molecule is Cc1cc(C)cc(CN2CCN(C(=O)c3ccc(N)nc3)CC2=O)c1. The lowest BCUT2D eigenvalue weighted by atomic mass is 10.1. The van der Waals surface area contributed by atoms with Crippen molar-refractivity contribution in [2.75, 3.05) is 25.4 Å². The summed E-state index contributed by atoms with van der Waals surface area (Å²) in [6.07, 6.45) is 1.45. The molecule has 2 amide bonds. The van der Waals surface area contributed by atoms with Crippen molar-refractivity contribution in [3.8, 4) is 0 Å². The summed E-state index contributed by atoms with van der Waals surface area (Å²) in [5.74, 6) is 0.139. The first-order chi connectivity index (χ1) is 11.9. The summed E-state index contributed by atoms with van der Waals surface area (Å²) in [4.78, 5) is 32.3. The maximum Gasteiger partial charge on any atom is 0.255 e. The van der Waals surface area contributed by atoms with Crippen LogP contribution >= 0.6 is 0 Å². The van der Waals surface area contributed by atoms with Gasteiger partial charge in [0.05, 0.1) is 5.56 Å². The summed E-state index contributed by atoms with van der Waals surface area (Å²) in [6.45, 7) is 5.81. The lowest BCUT2D eigenvalue weighted by Gasteiger charge is -2.34. The Bertz CT molecular complexity index is 781. The van der Waals surface area contributed by atoms with Gasteiger partial charge in [0.25, 0.3) is 5.91 Å². The van der Waals surface area contributed by atoms with Crippen LogP contribution in [0.2, 0.25) is 0 Å². The van der Waals surface area contributed by atoms with Gasteiger partial charge in [-0.25, -0.2) is 4.98 Å². The molecule has 2 N–H and O–H groups in total. The van der Waals surface area contributed by atoms with Crippen molar-refractivity contribution in [2.24, 2.45) is 0 Å². The molecule has 0 aliphatic carbocycles. The molecule has 1 aromatic heterocycles. The van der Waals surface area contributed by atoms with Crippen LogP contribution in [0.15, 0.2) is 36.5 Å². The molecule has 25 heavy (non-hydrogen) atoms. The third-order valence-corrected chi connectivity index (χ3v) is 4.29. The van der Waals surface area contributed by atoms with Gasteiger partial charge in [-0.05, 0) is 31.5 Å². The van der Waals surface area contributed by atoms with Crippen molar-refractivity contribution in [2.45, 2.75) is 20.4 Å². The highest BCUT2D eigenvalue weighted by Gasteiger charge is 2.27. The summed E-state index contributed by atoms with van der Waals surface area (Å²) < 4.78 is 0. The molecule has 1 aliphatic rings. The van der Waals surface area contributed by atoms with Crippen LogP contribution in [0.4, 0.5) is 5.82 Å². The van der Waals surface area contributed by atoms with Gasteiger partial charge in [0.15, 0.2) is 0 Å². The first-order valence-corrected chi connectivity index (χ1v) is 8.28. The van der Waals surface area contributed by atoms with Gasteiger partial charge in [0, 0.05) is 25.8 Å². The van der Waals surface area contributed by atoms with Crippen LogP contribution in [0.3, 0.4) is 0 Å². The molecule has 130 valence electrons. The highest BCUT2D eigenvalue weighted by Crippen LogP contribution is 2.15. The van der Waals surface area contributed by atoms with Gasteiger partial charge < -0.3 is 15.5 Å². The first-order valence-electron chi connectivity index (χ1n) is 8.28. The molecule has 1 aliphatic heterocycles. The number of amides is 2. The number of benzene rings is 1. The quantitative estimate of drug-likeness (QED) is 0.925. The molecule has 0 atom stereocenters. The summed E-state index contributed by atoms with van der Waals surface area (Å²) in [7, 11) is 0. The Labute approximate surface area is 147 Å². The number of carbonyl (C=O) groups excluding carboxylic acids is 2. The summed E-state index contributed by atoms with van der Waals surface area (Å²) in [6, 6.07) is 9.53. The number of nitrogens with zero attached hydrogens (tertiary/aromatic N) is 3. The number of piperazine rings is 1. The van der Waals surface area contributed by atoms with Gasteiger partial charge in [0.2, 0.25) is 5.91 Å². The number of aryl methyl sites for hydroxylation is 2. The molecule has 0 saturated carbocycles. The van der Waals surface area contributed by atoms with Crippen LogP contribution in [0, 0.1) is 13.8 Å². The lowest BCUT2D eigenvalue weighted by Crippen LogP contribution is -2.51. The van der Waals surface area contributed by atoms with E-state index in [2.05, 4.69) is 37.0 Å². The summed E-state index contributed by atoms with van der Waals surface area (Å²) >= 11 is 0. The largest absolute Gasteiger partial charge is 0.384 e. The Morgan fingerprint density at radius 2 is 1.88 bits per heavy atom. The maximum absolute atomic E-state index is 12.5. The Morgan fingerprint density at radius 3 is 2.48 bits per heavy atom. The number of nitrogen functional groups attached to an aromatic ring is 1. The fourth-order valence-corrected chi connectivity index (χ4v) is 3.14. The monoisotopic (exact) mass is 338 g/mol. The first kappa shape index (κ1) is 17.0. The summed E-state index contributed by atoms with van der Waals surface area (Å²) in [5.41, 5.74) is 9.49. The maximum atomic E-state index is 12.5. The number of hydrogen-bond donors (Lipinski definition) is 1. The molecule has 1 fully saturated rings. The van der Waals surface area contributed by atoms with Crippen LogP contribution in [0.1, 0.15) is 27.0 Å². The molecule has 1 aromatic carbocycles. The molecule has 1 saturated heterocycles. The van der Waals surface area contributed by atoms with Crippen molar-refractivity contribution in [1.82, 2.24) is 14.8 Å². The standard InChI is InChI=1S/C19H22N4O2/c1-13-7-14(2)9-15(8-13)11-22-5-6-23(12-18(22)24)19(25)16-3-4-17(20)21-10-16/h3-4,7-10H,5-6,11-12H2,1-2H3,(H2,20,21). The number of pyridine rings is 1. The predicted octanol–water partition coefficient (Wildman–Crippen LogP) is 1.77. The number of nitrogens with two attached hydrogens (primary N) is 1. The van der Waals surface area contributed by atoms with Crippen LogP contribution in [-0.4, -0.2) is 46.2 Å². The third kappa shape index (κ3) is 3.96. The zero-order chi connectivity index (χ0) is 18.0.